The molecule has 1 fully saturated rings. The van der Waals surface area contributed by atoms with Crippen LogP contribution in [0.5, 0.6) is 5.75 Å². The van der Waals surface area contributed by atoms with Crippen LogP contribution in [0.3, 0.4) is 0 Å². The molecule has 1 N–H and O–H groups in total. The Morgan fingerprint density at radius 1 is 0.943 bits per heavy atom. The van der Waals surface area contributed by atoms with Gasteiger partial charge in [-0.3, -0.25) is 4.79 Å². The molecule has 4 rings (SSSR count). The van der Waals surface area contributed by atoms with Crippen molar-refractivity contribution in [3.63, 3.8) is 0 Å². The van der Waals surface area contributed by atoms with E-state index in [1.165, 1.54) is 4.31 Å². The van der Waals surface area contributed by atoms with Crippen LogP contribution in [0.4, 0.5) is 0 Å². The summed E-state index contributed by atoms with van der Waals surface area (Å²) in [6, 6.07) is 21.7. The Morgan fingerprint density at radius 2 is 1.60 bits per heavy atom. The number of thioether (sulfide) groups is 1. The summed E-state index contributed by atoms with van der Waals surface area (Å²) >= 11 is 7.63. The second-order valence-corrected chi connectivity index (χ2v) is 11.5. The van der Waals surface area contributed by atoms with Crippen molar-refractivity contribution in [2.45, 2.75) is 28.4 Å². The number of ether oxygens (including phenoxy) is 1. The summed E-state index contributed by atoms with van der Waals surface area (Å²) in [6.07, 6.45) is 1.80. The highest BCUT2D eigenvalue weighted by atomic mass is 35.5. The van der Waals surface area contributed by atoms with Gasteiger partial charge in [0.2, 0.25) is 10.0 Å². The number of amides is 1. The van der Waals surface area contributed by atoms with E-state index in [1.807, 2.05) is 48.5 Å². The zero-order chi connectivity index (χ0) is 24.7. The average molecular weight is 531 g/mol. The molecule has 0 bridgehead atoms. The lowest BCUT2D eigenvalue weighted by molar-refractivity contribution is 0.0947. The summed E-state index contributed by atoms with van der Waals surface area (Å²) in [5.41, 5.74) is 1.71. The minimum atomic E-state index is -3.43. The van der Waals surface area contributed by atoms with Gasteiger partial charge in [0.15, 0.2) is 0 Å². The molecule has 1 saturated heterocycles. The van der Waals surface area contributed by atoms with E-state index in [1.54, 1.807) is 36.0 Å². The van der Waals surface area contributed by atoms with E-state index in [-0.39, 0.29) is 17.4 Å². The molecule has 1 amide bonds. The molecular weight excluding hydrogens is 504 g/mol. The minimum Gasteiger partial charge on any atom is -0.492 e. The molecule has 3 aromatic carbocycles. The van der Waals surface area contributed by atoms with Gasteiger partial charge < -0.3 is 10.1 Å². The monoisotopic (exact) mass is 530 g/mol. The van der Waals surface area contributed by atoms with Gasteiger partial charge in [-0.15, -0.1) is 11.8 Å². The van der Waals surface area contributed by atoms with Crippen LogP contribution in [-0.4, -0.2) is 44.9 Å². The molecule has 0 radical (unpaired) electrons. The van der Waals surface area contributed by atoms with Crippen LogP contribution in [-0.2, 0) is 15.8 Å². The second kappa shape index (κ2) is 11.9. The number of hydrogen-bond donors (Lipinski definition) is 1. The molecule has 0 aromatic heterocycles. The molecular formula is C26H27ClN2O4S2. The molecule has 35 heavy (non-hydrogen) atoms. The van der Waals surface area contributed by atoms with Crippen molar-refractivity contribution in [1.82, 2.24) is 9.62 Å². The first-order valence-electron chi connectivity index (χ1n) is 11.4. The first kappa shape index (κ1) is 25.6. The van der Waals surface area contributed by atoms with Crippen molar-refractivity contribution in [2.24, 2.45) is 0 Å². The van der Waals surface area contributed by atoms with Crippen LogP contribution in [0, 0.1) is 0 Å². The van der Waals surface area contributed by atoms with E-state index in [0.29, 0.717) is 30.9 Å². The van der Waals surface area contributed by atoms with Crippen LogP contribution in [0.15, 0.2) is 82.6 Å². The van der Waals surface area contributed by atoms with Gasteiger partial charge >= 0.3 is 0 Å². The number of carbonyl (C=O) groups is 1. The largest absolute Gasteiger partial charge is 0.492 e. The molecule has 184 valence electrons. The third-order valence-electron chi connectivity index (χ3n) is 5.62. The summed E-state index contributed by atoms with van der Waals surface area (Å²) in [5, 5.41) is 3.56. The first-order chi connectivity index (χ1) is 16.9. The second-order valence-electron chi connectivity index (χ2n) is 8.13. The third kappa shape index (κ3) is 7.01. The molecule has 9 heteroatoms. The fourth-order valence-electron chi connectivity index (χ4n) is 3.67. The van der Waals surface area contributed by atoms with Gasteiger partial charge in [0.25, 0.3) is 5.91 Å². The highest BCUT2D eigenvalue weighted by Crippen LogP contribution is 2.25. The summed E-state index contributed by atoms with van der Waals surface area (Å²) in [7, 11) is -3.43. The van der Waals surface area contributed by atoms with Crippen molar-refractivity contribution in [2.75, 3.05) is 26.2 Å². The van der Waals surface area contributed by atoms with Crippen LogP contribution < -0.4 is 10.1 Å². The SMILES string of the molecule is O=C(NCCOc1ccc(S(=O)(=O)N2CCCC2)cc1)c1ccc(CSc2ccc(Cl)cc2)cc1. The van der Waals surface area contributed by atoms with Gasteiger partial charge in [0.05, 0.1) is 11.4 Å². The number of sulfonamides is 1. The Bertz CT molecular complexity index is 1230. The zero-order valence-electron chi connectivity index (χ0n) is 19.2. The van der Waals surface area contributed by atoms with Crippen molar-refractivity contribution in [3.8, 4) is 5.75 Å². The van der Waals surface area contributed by atoms with Gasteiger partial charge in [0, 0.05) is 34.3 Å². The molecule has 3 aromatic rings. The summed E-state index contributed by atoms with van der Waals surface area (Å²) in [4.78, 5) is 13.8. The number of nitrogens with one attached hydrogen (secondary N) is 1. The minimum absolute atomic E-state index is 0.169. The normalized spacial score (nSPS) is 14.1. The fourth-order valence-corrected chi connectivity index (χ4v) is 6.17. The Kier molecular flexibility index (Phi) is 8.73. The molecule has 0 aliphatic carbocycles. The van der Waals surface area contributed by atoms with E-state index >= 15 is 0 Å². The quantitative estimate of drug-likeness (QED) is 0.287. The van der Waals surface area contributed by atoms with Crippen molar-refractivity contribution in [1.29, 1.82) is 0 Å². The predicted octanol–water partition coefficient (Wildman–Crippen LogP) is 5.23. The Hall–Kier alpha value is -2.52. The number of hydrogen-bond acceptors (Lipinski definition) is 5. The molecule has 1 heterocycles. The van der Waals surface area contributed by atoms with E-state index in [9.17, 15) is 13.2 Å². The summed E-state index contributed by atoms with van der Waals surface area (Å²) < 4.78 is 32.3. The Balaban J connectivity index is 1.19. The van der Waals surface area contributed by atoms with Crippen molar-refractivity contribution in [3.05, 3.63) is 88.9 Å². The smallest absolute Gasteiger partial charge is 0.251 e. The van der Waals surface area contributed by atoms with E-state index in [0.717, 1.165) is 34.1 Å². The Morgan fingerprint density at radius 3 is 2.26 bits per heavy atom. The number of halogens is 1. The van der Waals surface area contributed by atoms with Gasteiger partial charge in [0.1, 0.15) is 12.4 Å². The lowest BCUT2D eigenvalue weighted by atomic mass is 10.1. The fraction of sp³-hybridized carbons (Fsp3) is 0.269. The summed E-state index contributed by atoms with van der Waals surface area (Å²) in [5.74, 6) is 1.19. The maximum Gasteiger partial charge on any atom is 0.251 e. The van der Waals surface area contributed by atoms with Gasteiger partial charge in [-0.25, -0.2) is 8.42 Å². The Labute approximate surface area is 215 Å². The van der Waals surface area contributed by atoms with Crippen molar-refractivity contribution < 1.29 is 17.9 Å². The lowest BCUT2D eigenvalue weighted by Crippen LogP contribution is -2.28. The van der Waals surface area contributed by atoms with E-state index in [4.69, 9.17) is 16.3 Å². The molecule has 0 saturated carbocycles. The third-order valence-corrected chi connectivity index (χ3v) is 8.87. The standard InChI is InChI=1S/C26H27ClN2O4S2/c27-22-7-11-24(12-8-22)34-19-20-3-5-21(6-4-20)26(30)28-15-18-33-23-9-13-25(14-10-23)35(31,32)29-16-1-2-17-29/h3-14H,1-2,15-19H2,(H,28,30). The van der Waals surface area contributed by atoms with Crippen molar-refractivity contribution >= 4 is 39.3 Å². The molecule has 6 nitrogen and oxygen atoms in total. The number of nitrogens with zero attached hydrogens (tertiary/aromatic N) is 1. The predicted molar refractivity (Wildman–Crippen MR) is 140 cm³/mol. The first-order valence-corrected chi connectivity index (χ1v) is 14.2. The van der Waals surface area contributed by atoms with Gasteiger partial charge in [-0.1, -0.05) is 23.7 Å². The number of benzene rings is 3. The maximum atomic E-state index is 12.6. The van der Waals surface area contributed by atoms with Crippen LogP contribution >= 0.6 is 23.4 Å². The van der Waals surface area contributed by atoms with Gasteiger partial charge in [-0.2, -0.15) is 4.31 Å². The number of rotatable bonds is 10. The zero-order valence-corrected chi connectivity index (χ0v) is 21.5. The van der Waals surface area contributed by atoms with Crippen LogP contribution in [0.1, 0.15) is 28.8 Å². The van der Waals surface area contributed by atoms with Crippen LogP contribution in [0.25, 0.3) is 0 Å². The topological polar surface area (TPSA) is 75.7 Å². The average Bonchev–Trinajstić information content (AvgIpc) is 3.43. The number of carbonyl (C=O) groups excluding carboxylic acids is 1. The highest BCUT2D eigenvalue weighted by Gasteiger charge is 2.26. The van der Waals surface area contributed by atoms with Gasteiger partial charge in [-0.05, 0) is 79.1 Å². The van der Waals surface area contributed by atoms with E-state index in [2.05, 4.69) is 5.32 Å². The summed E-state index contributed by atoms with van der Waals surface area (Å²) in [6.45, 7) is 1.76. The molecule has 0 spiro atoms. The molecule has 1 aliphatic heterocycles. The maximum absolute atomic E-state index is 12.6. The highest BCUT2D eigenvalue weighted by molar-refractivity contribution is 7.98. The molecule has 0 unspecified atom stereocenters. The van der Waals surface area contributed by atoms with E-state index < -0.39 is 10.0 Å². The molecule has 1 aliphatic rings. The van der Waals surface area contributed by atoms with Crippen LogP contribution in [0.2, 0.25) is 5.02 Å². The lowest BCUT2D eigenvalue weighted by Gasteiger charge is -2.15. The molecule has 0 atom stereocenters.